The van der Waals surface area contributed by atoms with E-state index in [0.29, 0.717) is 0 Å². The molecule has 1 heterocycles. The molecule has 0 aromatic heterocycles. The molecule has 1 saturated heterocycles. The summed E-state index contributed by atoms with van der Waals surface area (Å²) in [4.78, 5) is 12.6. The number of halogens is 2. The van der Waals surface area contributed by atoms with Crippen LogP contribution in [0.3, 0.4) is 0 Å². The average molecular weight is 238 g/mol. The topological polar surface area (TPSA) is 72.8 Å². The van der Waals surface area contributed by atoms with Gasteiger partial charge in [0, 0.05) is 13.1 Å². The molecular weight excluding hydrogens is 222 g/mol. The third-order valence-electron chi connectivity index (χ3n) is 2.45. The Hall–Kier alpha value is -0.790. The standard InChI is InChI=1S/C9H16F2N2O3/c10-8(11)5-13(1-2-14)9(16)7-3-6(15)4-12-7/h6-8,12,14-15H,1-5H2. The number of hydrogen-bond acceptors (Lipinski definition) is 4. The molecule has 2 unspecified atom stereocenters. The van der Waals surface area contributed by atoms with Gasteiger partial charge in [-0.25, -0.2) is 8.78 Å². The molecule has 94 valence electrons. The summed E-state index contributed by atoms with van der Waals surface area (Å²) in [6, 6.07) is -0.625. The van der Waals surface area contributed by atoms with Crippen molar-refractivity contribution in [3.8, 4) is 0 Å². The van der Waals surface area contributed by atoms with Crippen molar-refractivity contribution in [3.63, 3.8) is 0 Å². The zero-order valence-corrected chi connectivity index (χ0v) is 8.77. The SMILES string of the molecule is O=C(C1CC(O)CN1)N(CCO)CC(F)F. The largest absolute Gasteiger partial charge is 0.395 e. The van der Waals surface area contributed by atoms with Gasteiger partial charge in [0.1, 0.15) is 0 Å². The van der Waals surface area contributed by atoms with E-state index in [-0.39, 0.29) is 26.1 Å². The van der Waals surface area contributed by atoms with E-state index < -0.39 is 31.0 Å². The van der Waals surface area contributed by atoms with Crippen LogP contribution in [0.2, 0.25) is 0 Å². The van der Waals surface area contributed by atoms with Crippen LogP contribution in [0, 0.1) is 0 Å². The molecule has 0 aromatic rings. The van der Waals surface area contributed by atoms with Crippen molar-refractivity contribution >= 4 is 5.91 Å². The molecule has 3 N–H and O–H groups in total. The Morgan fingerprint density at radius 2 is 2.25 bits per heavy atom. The second-order valence-corrected chi connectivity index (χ2v) is 3.75. The number of nitrogens with zero attached hydrogens (tertiary/aromatic N) is 1. The first-order chi connectivity index (χ1) is 7.54. The van der Waals surface area contributed by atoms with Gasteiger partial charge in [-0.05, 0) is 6.42 Å². The Bertz CT molecular complexity index is 241. The molecule has 16 heavy (non-hydrogen) atoms. The van der Waals surface area contributed by atoms with Crippen molar-refractivity contribution in [3.05, 3.63) is 0 Å². The molecule has 2 atom stereocenters. The summed E-state index contributed by atoms with van der Waals surface area (Å²) < 4.78 is 24.4. The summed E-state index contributed by atoms with van der Waals surface area (Å²) in [6.45, 7) is -0.864. The molecule has 1 aliphatic heterocycles. The molecule has 0 spiro atoms. The molecule has 7 heteroatoms. The molecule has 0 aliphatic carbocycles. The summed E-state index contributed by atoms with van der Waals surface area (Å²) in [7, 11) is 0. The molecule has 0 bridgehead atoms. The zero-order chi connectivity index (χ0) is 12.1. The van der Waals surface area contributed by atoms with Crippen LogP contribution in [-0.4, -0.2) is 65.8 Å². The number of rotatable bonds is 5. The van der Waals surface area contributed by atoms with Crippen LogP contribution in [0.5, 0.6) is 0 Å². The van der Waals surface area contributed by atoms with Crippen LogP contribution in [0.15, 0.2) is 0 Å². The fourth-order valence-electron chi connectivity index (χ4n) is 1.70. The molecule has 5 nitrogen and oxygen atoms in total. The number of amides is 1. The van der Waals surface area contributed by atoms with Gasteiger partial charge in [-0.2, -0.15) is 0 Å². The minimum absolute atomic E-state index is 0.114. The van der Waals surface area contributed by atoms with Gasteiger partial charge in [-0.15, -0.1) is 0 Å². The summed E-state index contributed by atoms with van der Waals surface area (Å²) in [5.41, 5.74) is 0. The van der Waals surface area contributed by atoms with E-state index >= 15 is 0 Å². The molecule has 0 saturated carbocycles. The van der Waals surface area contributed by atoms with Gasteiger partial charge >= 0.3 is 0 Å². The first-order valence-corrected chi connectivity index (χ1v) is 5.13. The summed E-state index contributed by atoms with van der Waals surface area (Å²) in [6.07, 6.45) is -3.01. The number of carbonyl (C=O) groups excluding carboxylic acids is 1. The fraction of sp³-hybridized carbons (Fsp3) is 0.889. The summed E-state index contributed by atoms with van der Waals surface area (Å²) in [5.74, 6) is -0.495. The molecule has 1 rings (SSSR count). The summed E-state index contributed by atoms with van der Waals surface area (Å²) in [5, 5.41) is 20.6. The average Bonchev–Trinajstić information content (AvgIpc) is 2.62. The minimum Gasteiger partial charge on any atom is -0.395 e. The second-order valence-electron chi connectivity index (χ2n) is 3.75. The van der Waals surface area contributed by atoms with Crippen LogP contribution >= 0.6 is 0 Å². The highest BCUT2D eigenvalue weighted by atomic mass is 19.3. The van der Waals surface area contributed by atoms with Crippen LogP contribution < -0.4 is 5.32 Å². The number of nitrogens with one attached hydrogen (secondary N) is 1. The lowest BCUT2D eigenvalue weighted by molar-refractivity contribution is -0.135. The fourth-order valence-corrected chi connectivity index (χ4v) is 1.70. The van der Waals surface area contributed by atoms with Crippen molar-refractivity contribution in [2.45, 2.75) is 25.0 Å². The number of aliphatic hydroxyl groups is 2. The molecule has 1 aliphatic rings. The lowest BCUT2D eigenvalue weighted by atomic mass is 10.2. The number of aliphatic hydroxyl groups excluding tert-OH is 2. The Morgan fingerprint density at radius 3 is 2.69 bits per heavy atom. The quantitative estimate of drug-likeness (QED) is 0.562. The maximum Gasteiger partial charge on any atom is 0.255 e. The second kappa shape index (κ2) is 6.07. The Kier molecular flexibility index (Phi) is 5.04. The van der Waals surface area contributed by atoms with Crippen molar-refractivity contribution in [1.82, 2.24) is 10.2 Å². The van der Waals surface area contributed by atoms with E-state index in [1.165, 1.54) is 0 Å². The van der Waals surface area contributed by atoms with E-state index in [0.717, 1.165) is 4.90 Å². The predicted molar refractivity (Wildman–Crippen MR) is 52.1 cm³/mol. The number of alkyl halides is 2. The van der Waals surface area contributed by atoms with E-state index in [9.17, 15) is 18.7 Å². The van der Waals surface area contributed by atoms with Crippen molar-refractivity contribution in [1.29, 1.82) is 0 Å². The maximum absolute atomic E-state index is 12.2. The van der Waals surface area contributed by atoms with E-state index in [1.54, 1.807) is 0 Å². The van der Waals surface area contributed by atoms with E-state index in [1.807, 2.05) is 0 Å². The highest BCUT2D eigenvalue weighted by Gasteiger charge is 2.31. The van der Waals surface area contributed by atoms with Crippen LogP contribution in [0.25, 0.3) is 0 Å². The molecule has 1 amide bonds. The predicted octanol–water partition coefficient (Wildman–Crippen LogP) is -1.20. The monoisotopic (exact) mass is 238 g/mol. The maximum atomic E-state index is 12.2. The lowest BCUT2D eigenvalue weighted by Crippen LogP contribution is -2.46. The molecule has 1 fully saturated rings. The normalized spacial score (nSPS) is 25.1. The Morgan fingerprint density at radius 1 is 1.56 bits per heavy atom. The van der Waals surface area contributed by atoms with Gasteiger partial charge in [0.2, 0.25) is 5.91 Å². The number of β-amino-alcohol motifs (C(OH)–C–C–N with tert-alkyl or cyclic N) is 1. The number of hydrogen-bond donors (Lipinski definition) is 3. The number of carbonyl (C=O) groups is 1. The highest BCUT2D eigenvalue weighted by Crippen LogP contribution is 2.10. The third kappa shape index (κ3) is 3.66. The van der Waals surface area contributed by atoms with Crippen molar-refractivity contribution < 1.29 is 23.8 Å². The highest BCUT2D eigenvalue weighted by molar-refractivity contribution is 5.82. The van der Waals surface area contributed by atoms with Gasteiger partial charge in [0.15, 0.2) is 0 Å². The lowest BCUT2D eigenvalue weighted by Gasteiger charge is -2.24. The van der Waals surface area contributed by atoms with E-state index in [2.05, 4.69) is 5.32 Å². The zero-order valence-electron chi connectivity index (χ0n) is 8.77. The summed E-state index contributed by atoms with van der Waals surface area (Å²) >= 11 is 0. The Labute approximate surface area is 92.0 Å². The van der Waals surface area contributed by atoms with Gasteiger partial charge in [-0.3, -0.25) is 4.79 Å². The molecule has 0 aromatic carbocycles. The molecule has 0 radical (unpaired) electrons. The van der Waals surface area contributed by atoms with Crippen LogP contribution in [0.1, 0.15) is 6.42 Å². The van der Waals surface area contributed by atoms with Crippen LogP contribution in [-0.2, 0) is 4.79 Å². The van der Waals surface area contributed by atoms with Crippen molar-refractivity contribution in [2.24, 2.45) is 0 Å². The molecular formula is C9H16F2N2O3. The Balaban J connectivity index is 2.52. The smallest absolute Gasteiger partial charge is 0.255 e. The first kappa shape index (κ1) is 13.3. The van der Waals surface area contributed by atoms with Gasteiger partial charge in [0.25, 0.3) is 6.43 Å². The third-order valence-corrected chi connectivity index (χ3v) is 2.45. The van der Waals surface area contributed by atoms with Crippen molar-refractivity contribution in [2.75, 3.05) is 26.2 Å². The van der Waals surface area contributed by atoms with Gasteiger partial charge in [0.05, 0.1) is 25.3 Å². The van der Waals surface area contributed by atoms with Gasteiger partial charge < -0.3 is 20.4 Å². The van der Waals surface area contributed by atoms with E-state index in [4.69, 9.17) is 5.11 Å². The minimum atomic E-state index is -2.62. The van der Waals surface area contributed by atoms with Gasteiger partial charge in [-0.1, -0.05) is 0 Å². The first-order valence-electron chi connectivity index (χ1n) is 5.13. The van der Waals surface area contributed by atoms with Crippen LogP contribution in [0.4, 0.5) is 8.78 Å².